The number of piperidine rings is 2. The van der Waals surface area contributed by atoms with Crippen LogP contribution in [0.4, 0.5) is 15.3 Å². The van der Waals surface area contributed by atoms with Gasteiger partial charge in [-0.3, -0.25) is 9.69 Å². The number of carbonyl (C=O) groups excluding carboxylic acids is 3. The number of benzene rings is 2. The van der Waals surface area contributed by atoms with Crippen LogP contribution in [-0.4, -0.2) is 115 Å². The van der Waals surface area contributed by atoms with Gasteiger partial charge >= 0.3 is 12.1 Å². The number of piperazine rings is 1. The summed E-state index contributed by atoms with van der Waals surface area (Å²) < 4.78 is 5.99. The van der Waals surface area contributed by atoms with E-state index in [1.807, 2.05) is 40.1 Å². The molecule has 0 saturated carbocycles. The monoisotopic (exact) mass is 672 g/mol. The van der Waals surface area contributed by atoms with Gasteiger partial charge in [-0.15, -0.1) is 0 Å². The number of ether oxygens (including phenoxy) is 1. The van der Waals surface area contributed by atoms with Crippen molar-refractivity contribution in [3.05, 3.63) is 63.6 Å². The van der Waals surface area contributed by atoms with Crippen LogP contribution in [0.15, 0.2) is 42.5 Å². The van der Waals surface area contributed by atoms with Crippen molar-refractivity contribution in [3.8, 4) is 0 Å². The summed E-state index contributed by atoms with van der Waals surface area (Å²) in [6.45, 7) is 6.41. The maximum atomic E-state index is 13.9. The fourth-order valence-corrected chi connectivity index (χ4v) is 7.36. The second kappa shape index (κ2) is 15.7. The van der Waals surface area contributed by atoms with Gasteiger partial charge in [-0.05, 0) is 74.5 Å². The lowest BCUT2D eigenvalue weighted by Crippen LogP contribution is -2.56. The summed E-state index contributed by atoms with van der Waals surface area (Å²) in [5, 5.41) is 7.28. The molecule has 3 fully saturated rings. The van der Waals surface area contributed by atoms with E-state index in [2.05, 4.69) is 15.5 Å². The number of nitrogens with one attached hydrogen (secondary N) is 2. The Kier molecular flexibility index (Phi) is 11.7. The molecule has 2 aromatic carbocycles. The standard InChI is InChI=1S/C33H42Cl2N6O4.CH4/c34-27-6-5-23(21-28(27)35)22-30(31(42)39-19-17-38(18-20-39)25-7-12-36-13-8-25)45-33(44)40-14-10-26(11-15-40)41-16-9-24-3-1-2-4-29(24)37-32(41)43;/h1-6,21,25-26,30,36H,7-20,22H2,(H,37,43);1H4/t30-;/m1./s1. The molecule has 3 saturated heterocycles. The number of para-hydroxylation sites is 1. The maximum Gasteiger partial charge on any atom is 0.410 e. The minimum absolute atomic E-state index is 0. The first-order chi connectivity index (χ1) is 21.9. The van der Waals surface area contributed by atoms with Crippen LogP contribution in [0.25, 0.3) is 0 Å². The quantitative estimate of drug-likeness (QED) is 0.442. The maximum absolute atomic E-state index is 13.9. The van der Waals surface area contributed by atoms with E-state index >= 15 is 0 Å². The Labute approximate surface area is 282 Å². The highest BCUT2D eigenvalue weighted by atomic mass is 35.5. The van der Waals surface area contributed by atoms with Gasteiger partial charge in [0.05, 0.1) is 10.0 Å². The molecule has 4 heterocycles. The highest BCUT2D eigenvalue weighted by molar-refractivity contribution is 6.42. The van der Waals surface area contributed by atoms with Crippen molar-refractivity contribution in [1.82, 2.24) is 24.9 Å². The van der Waals surface area contributed by atoms with Crippen LogP contribution >= 0.6 is 23.2 Å². The molecule has 2 N–H and O–H groups in total. The Morgan fingerprint density at radius 2 is 1.57 bits per heavy atom. The third-order valence-corrected chi connectivity index (χ3v) is 10.4. The molecule has 46 heavy (non-hydrogen) atoms. The summed E-state index contributed by atoms with van der Waals surface area (Å²) >= 11 is 12.4. The first-order valence-electron chi connectivity index (χ1n) is 16.1. The van der Waals surface area contributed by atoms with E-state index in [1.54, 1.807) is 17.0 Å². The van der Waals surface area contributed by atoms with Crippen molar-refractivity contribution in [2.75, 3.05) is 64.2 Å². The molecule has 0 unspecified atom stereocenters. The number of amides is 4. The number of carbonyl (C=O) groups is 3. The summed E-state index contributed by atoms with van der Waals surface area (Å²) in [5.41, 5.74) is 2.76. The average molecular weight is 674 g/mol. The molecule has 250 valence electrons. The van der Waals surface area contributed by atoms with E-state index < -0.39 is 12.2 Å². The number of hydrogen-bond acceptors (Lipinski definition) is 6. The van der Waals surface area contributed by atoms with Gasteiger partial charge in [0.15, 0.2) is 6.10 Å². The van der Waals surface area contributed by atoms with E-state index in [1.165, 1.54) is 0 Å². The molecule has 1 atom stereocenters. The van der Waals surface area contributed by atoms with E-state index in [-0.39, 0.29) is 31.8 Å². The van der Waals surface area contributed by atoms with Crippen LogP contribution in [0.1, 0.15) is 44.2 Å². The molecule has 4 aliphatic heterocycles. The Hall–Kier alpha value is -3.05. The van der Waals surface area contributed by atoms with E-state index in [9.17, 15) is 14.4 Å². The van der Waals surface area contributed by atoms with Crippen LogP contribution in [0, 0.1) is 0 Å². The minimum atomic E-state index is -0.979. The SMILES string of the molecule is C.O=C(O[C@H](Cc1ccc(Cl)c(Cl)c1)C(=O)N1CCN(C2CCNCC2)CC1)N1CCC(N2CCc3ccccc3NC2=O)CC1. The van der Waals surface area contributed by atoms with Crippen molar-refractivity contribution in [2.24, 2.45) is 0 Å². The zero-order valence-electron chi connectivity index (χ0n) is 25.6. The summed E-state index contributed by atoms with van der Waals surface area (Å²) in [6, 6.07) is 13.6. The zero-order valence-corrected chi connectivity index (χ0v) is 27.1. The van der Waals surface area contributed by atoms with Gasteiger partial charge in [-0.25, -0.2) is 9.59 Å². The number of anilines is 1. The van der Waals surface area contributed by atoms with Gasteiger partial charge < -0.3 is 30.1 Å². The second-order valence-corrected chi connectivity index (χ2v) is 13.2. The lowest BCUT2D eigenvalue weighted by Gasteiger charge is -2.41. The van der Waals surface area contributed by atoms with Gasteiger partial charge in [-0.2, -0.15) is 0 Å². The lowest BCUT2D eigenvalue weighted by molar-refractivity contribution is -0.143. The molecule has 2 aromatic rings. The van der Waals surface area contributed by atoms with Gasteiger partial charge in [-0.1, -0.05) is 54.9 Å². The van der Waals surface area contributed by atoms with E-state index in [0.29, 0.717) is 61.7 Å². The third-order valence-electron chi connectivity index (χ3n) is 9.68. The summed E-state index contributed by atoms with van der Waals surface area (Å²) in [7, 11) is 0. The summed E-state index contributed by atoms with van der Waals surface area (Å²) in [5.74, 6) is -0.185. The Bertz CT molecular complexity index is 1370. The van der Waals surface area contributed by atoms with Gasteiger partial charge in [0, 0.05) is 70.0 Å². The molecule has 4 aliphatic rings. The molecule has 0 radical (unpaired) electrons. The van der Waals surface area contributed by atoms with Gasteiger partial charge in [0.2, 0.25) is 0 Å². The van der Waals surface area contributed by atoms with Crippen LogP contribution < -0.4 is 10.6 Å². The molecule has 4 amide bonds. The Morgan fingerprint density at radius 1 is 0.848 bits per heavy atom. The highest BCUT2D eigenvalue weighted by Gasteiger charge is 2.36. The number of rotatable bonds is 6. The lowest BCUT2D eigenvalue weighted by atomic mass is 10.0. The van der Waals surface area contributed by atoms with E-state index in [4.69, 9.17) is 27.9 Å². The van der Waals surface area contributed by atoms with Crippen molar-refractivity contribution >= 4 is 46.9 Å². The van der Waals surface area contributed by atoms with Crippen LogP contribution in [-0.2, 0) is 22.4 Å². The molecule has 0 aromatic heterocycles. The van der Waals surface area contributed by atoms with Crippen LogP contribution in [0.3, 0.4) is 0 Å². The topological polar surface area (TPSA) is 97.5 Å². The molecular weight excluding hydrogens is 627 g/mol. The third kappa shape index (κ3) is 8.08. The molecule has 0 spiro atoms. The minimum Gasteiger partial charge on any atom is -0.436 e. The number of urea groups is 1. The molecule has 10 nitrogen and oxygen atoms in total. The molecule has 0 aliphatic carbocycles. The largest absolute Gasteiger partial charge is 0.436 e. The molecule has 0 bridgehead atoms. The normalized spacial score (nSPS) is 20.7. The van der Waals surface area contributed by atoms with Crippen LogP contribution in [0.5, 0.6) is 0 Å². The van der Waals surface area contributed by atoms with Crippen molar-refractivity contribution in [1.29, 1.82) is 0 Å². The Morgan fingerprint density at radius 3 is 2.28 bits per heavy atom. The Balaban J connectivity index is 0.00000417. The number of hydrogen-bond donors (Lipinski definition) is 2. The molecular formula is C34H46Cl2N6O4. The smallest absolute Gasteiger partial charge is 0.410 e. The van der Waals surface area contributed by atoms with Crippen molar-refractivity contribution in [2.45, 2.75) is 64.1 Å². The fraction of sp³-hybridized carbons (Fsp3) is 0.559. The average Bonchev–Trinajstić information content (AvgIpc) is 3.24. The number of halogens is 2. The van der Waals surface area contributed by atoms with Gasteiger partial charge in [0.1, 0.15) is 0 Å². The predicted octanol–water partition coefficient (Wildman–Crippen LogP) is 5.13. The zero-order chi connectivity index (χ0) is 31.3. The van der Waals surface area contributed by atoms with Crippen molar-refractivity contribution in [3.63, 3.8) is 0 Å². The summed E-state index contributed by atoms with van der Waals surface area (Å²) in [4.78, 5) is 48.3. The number of likely N-dealkylation sites (tertiary alicyclic amines) is 1. The van der Waals surface area contributed by atoms with Gasteiger partial charge in [0.25, 0.3) is 5.91 Å². The molecule has 6 rings (SSSR count). The second-order valence-electron chi connectivity index (χ2n) is 12.4. The first kappa shape index (κ1) is 34.3. The number of nitrogens with zero attached hydrogens (tertiary/aromatic N) is 4. The van der Waals surface area contributed by atoms with Crippen molar-refractivity contribution < 1.29 is 19.1 Å². The highest BCUT2D eigenvalue weighted by Crippen LogP contribution is 2.27. The van der Waals surface area contributed by atoms with E-state index in [0.717, 1.165) is 62.3 Å². The first-order valence-corrected chi connectivity index (χ1v) is 16.9. The van der Waals surface area contributed by atoms with Crippen LogP contribution in [0.2, 0.25) is 10.0 Å². The number of fused-ring (bicyclic) bond motifs is 1. The summed E-state index contributed by atoms with van der Waals surface area (Å²) in [6.07, 6.45) is 3.03. The molecule has 12 heteroatoms. The predicted molar refractivity (Wildman–Crippen MR) is 182 cm³/mol. The fourth-order valence-electron chi connectivity index (χ4n) is 7.04.